The average Bonchev–Trinajstić information content (AvgIpc) is 2.49. The van der Waals surface area contributed by atoms with Gasteiger partial charge in [0.2, 0.25) is 0 Å². The first-order valence-electron chi connectivity index (χ1n) is 4.06. The van der Waals surface area contributed by atoms with Crippen LogP contribution in [0.25, 0.3) is 0 Å². The number of rotatable bonds is 6. The molecular formula is C6H9N2NaO3S4. The number of unbranched alkanes of at least 4 members (excludes halogenated alkanes) is 1. The summed E-state index contributed by atoms with van der Waals surface area (Å²) in [6.07, 6.45) is 1.07. The van der Waals surface area contributed by atoms with Crippen molar-refractivity contribution < 1.29 is 42.5 Å². The predicted molar refractivity (Wildman–Crippen MR) is 61.7 cm³/mol. The van der Waals surface area contributed by atoms with Gasteiger partial charge < -0.3 is 4.55 Å². The largest absolute Gasteiger partial charge is 1.00 e. The SMILES string of the molecule is O=S(=O)([O-])CCCCSc1nnc(S)s1.[Na+]. The Morgan fingerprint density at radius 1 is 1.38 bits per heavy atom. The van der Waals surface area contributed by atoms with E-state index < -0.39 is 10.1 Å². The third kappa shape index (κ3) is 8.29. The Hall–Kier alpha value is 1.17. The van der Waals surface area contributed by atoms with Gasteiger partial charge in [0.15, 0.2) is 8.68 Å². The van der Waals surface area contributed by atoms with Gasteiger partial charge in [-0.15, -0.1) is 22.8 Å². The summed E-state index contributed by atoms with van der Waals surface area (Å²) in [5, 5.41) is 7.56. The normalized spacial score (nSPS) is 11.1. The van der Waals surface area contributed by atoms with Crippen molar-refractivity contribution in [3.8, 4) is 0 Å². The van der Waals surface area contributed by atoms with Gasteiger partial charge in [-0.05, 0) is 12.8 Å². The molecular weight excluding hydrogens is 299 g/mol. The molecule has 0 unspecified atom stereocenters. The van der Waals surface area contributed by atoms with E-state index in [0.717, 1.165) is 10.1 Å². The second kappa shape index (κ2) is 8.30. The van der Waals surface area contributed by atoms with E-state index in [1.165, 1.54) is 23.1 Å². The summed E-state index contributed by atoms with van der Waals surface area (Å²) in [4.78, 5) is 0. The number of thioether (sulfide) groups is 1. The van der Waals surface area contributed by atoms with Crippen LogP contribution in [0, 0.1) is 0 Å². The molecule has 16 heavy (non-hydrogen) atoms. The first kappa shape index (κ1) is 17.2. The number of aromatic nitrogens is 2. The molecule has 1 aromatic rings. The monoisotopic (exact) mass is 308 g/mol. The Morgan fingerprint density at radius 3 is 2.56 bits per heavy atom. The van der Waals surface area contributed by atoms with E-state index in [1.807, 2.05) is 0 Å². The van der Waals surface area contributed by atoms with Crippen LogP contribution in [-0.4, -0.2) is 34.7 Å². The zero-order valence-electron chi connectivity index (χ0n) is 8.62. The molecule has 0 N–H and O–H groups in total. The van der Waals surface area contributed by atoms with Gasteiger partial charge in [-0.1, -0.05) is 23.1 Å². The van der Waals surface area contributed by atoms with E-state index in [-0.39, 0.29) is 35.3 Å². The third-order valence-electron chi connectivity index (χ3n) is 1.41. The minimum Gasteiger partial charge on any atom is -0.748 e. The first-order chi connectivity index (χ1) is 6.97. The van der Waals surface area contributed by atoms with E-state index in [9.17, 15) is 13.0 Å². The molecule has 0 atom stereocenters. The number of hydrogen-bond acceptors (Lipinski definition) is 8. The zero-order chi connectivity index (χ0) is 11.3. The Morgan fingerprint density at radius 2 is 2.06 bits per heavy atom. The van der Waals surface area contributed by atoms with Crippen molar-refractivity contribution in [2.24, 2.45) is 0 Å². The van der Waals surface area contributed by atoms with Crippen molar-refractivity contribution in [3.63, 3.8) is 0 Å². The molecule has 0 aromatic carbocycles. The maximum Gasteiger partial charge on any atom is 1.00 e. The van der Waals surface area contributed by atoms with Crippen LogP contribution in [0.3, 0.4) is 0 Å². The van der Waals surface area contributed by atoms with Gasteiger partial charge in [-0.25, -0.2) is 8.42 Å². The van der Waals surface area contributed by atoms with Crippen LogP contribution < -0.4 is 29.6 Å². The smallest absolute Gasteiger partial charge is 0.748 e. The summed E-state index contributed by atoms with van der Waals surface area (Å²) in [5.41, 5.74) is 0. The van der Waals surface area contributed by atoms with Gasteiger partial charge in [0.25, 0.3) is 0 Å². The molecule has 1 aromatic heterocycles. The third-order valence-corrected chi connectivity index (χ3v) is 4.51. The van der Waals surface area contributed by atoms with Crippen LogP contribution in [-0.2, 0) is 10.1 Å². The van der Waals surface area contributed by atoms with Crippen molar-refractivity contribution in [2.45, 2.75) is 21.5 Å². The summed E-state index contributed by atoms with van der Waals surface area (Å²) in [6.45, 7) is 0. The van der Waals surface area contributed by atoms with E-state index in [0.29, 0.717) is 17.2 Å². The summed E-state index contributed by atoms with van der Waals surface area (Å²) in [6, 6.07) is 0. The van der Waals surface area contributed by atoms with Crippen molar-refractivity contribution >= 4 is 45.8 Å². The minimum atomic E-state index is -4.06. The summed E-state index contributed by atoms with van der Waals surface area (Å²) in [7, 11) is -4.06. The van der Waals surface area contributed by atoms with Gasteiger partial charge >= 0.3 is 29.6 Å². The van der Waals surface area contributed by atoms with Crippen molar-refractivity contribution in [2.75, 3.05) is 11.5 Å². The zero-order valence-corrected chi connectivity index (χ0v) is 14.0. The maximum atomic E-state index is 10.3. The second-order valence-corrected chi connectivity index (χ2v) is 7.24. The Kier molecular flexibility index (Phi) is 8.91. The molecule has 0 spiro atoms. The van der Waals surface area contributed by atoms with Crippen LogP contribution in [0.5, 0.6) is 0 Å². The topological polar surface area (TPSA) is 83.0 Å². The molecule has 0 bridgehead atoms. The van der Waals surface area contributed by atoms with E-state index >= 15 is 0 Å². The molecule has 86 valence electrons. The van der Waals surface area contributed by atoms with Crippen molar-refractivity contribution in [1.29, 1.82) is 0 Å². The number of nitrogens with zero attached hydrogens (tertiary/aromatic N) is 2. The Balaban J connectivity index is 0.00000225. The molecule has 1 heterocycles. The van der Waals surface area contributed by atoms with Crippen molar-refractivity contribution in [1.82, 2.24) is 10.2 Å². The fraction of sp³-hybridized carbons (Fsp3) is 0.667. The van der Waals surface area contributed by atoms with Gasteiger partial charge in [0.05, 0.1) is 10.1 Å². The van der Waals surface area contributed by atoms with Gasteiger partial charge in [0, 0.05) is 11.5 Å². The average molecular weight is 308 g/mol. The van der Waals surface area contributed by atoms with Gasteiger partial charge in [-0.2, -0.15) is 0 Å². The molecule has 0 saturated carbocycles. The fourth-order valence-electron chi connectivity index (χ4n) is 0.801. The predicted octanol–water partition coefficient (Wildman–Crippen LogP) is -1.75. The molecule has 0 saturated heterocycles. The second-order valence-electron chi connectivity index (χ2n) is 2.67. The van der Waals surface area contributed by atoms with Crippen LogP contribution in [0.1, 0.15) is 12.8 Å². The van der Waals surface area contributed by atoms with Crippen LogP contribution in [0.2, 0.25) is 0 Å². The van der Waals surface area contributed by atoms with Crippen LogP contribution in [0.4, 0.5) is 0 Å². The molecule has 0 fully saturated rings. The summed E-state index contributed by atoms with van der Waals surface area (Å²) < 4.78 is 32.2. The molecule has 0 amide bonds. The van der Waals surface area contributed by atoms with E-state index in [2.05, 4.69) is 22.8 Å². The standard InChI is InChI=1S/C6H10N2O3S4.Na/c9-15(10,11)4-2-1-3-13-6-8-7-5(12)14-6;/h1-4H2,(H,7,12)(H,9,10,11);/q;+1/p-1. The van der Waals surface area contributed by atoms with E-state index in [1.54, 1.807) is 0 Å². The first-order valence-corrected chi connectivity index (χ1v) is 7.89. The summed E-state index contributed by atoms with van der Waals surface area (Å²) >= 11 is 6.88. The molecule has 5 nitrogen and oxygen atoms in total. The molecule has 0 radical (unpaired) electrons. The molecule has 0 aliphatic heterocycles. The molecule has 1 rings (SSSR count). The fourth-order valence-corrected chi connectivity index (χ4v) is 3.51. The van der Waals surface area contributed by atoms with Gasteiger partial charge in [0.1, 0.15) is 0 Å². The number of thiol groups is 1. The maximum absolute atomic E-state index is 10.3. The Bertz CT molecular complexity index is 408. The van der Waals surface area contributed by atoms with E-state index in [4.69, 9.17) is 0 Å². The molecule has 10 heteroatoms. The van der Waals surface area contributed by atoms with Gasteiger partial charge in [-0.3, -0.25) is 0 Å². The molecule has 0 aliphatic rings. The number of hydrogen-bond donors (Lipinski definition) is 1. The van der Waals surface area contributed by atoms with Crippen LogP contribution in [0.15, 0.2) is 8.68 Å². The quantitative estimate of drug-likeness (QED) is 0.221. The summed E-state index contributed by atoms with van der Waals surface area (Å²) in [5.74, 6) is 0.444. The Labute approximate surface area is 130 Å². The minimum absolute atomic E-state index is 0. The molecule has 0 aliphatic carbocycles. The van der Waals surface area contributed by atoms with Crippen molar-refractivity contribution in [3.05, 3.63) is 0 Å². The van der Waals surface area contributed by atoms with Crippen LogP contribution >= 0.6 is 35.7 Å².